The van der Waals surface area contributed by atoms with Gasteiger partial charge in [-0.2, -0.15) is 0 Å². The summed E-state index contributed by atoms with van der Waals surface area (Å²) in [5, 5.41) is 0. The van der Waals surface area contributed by atoms with Crippen LogP contribution in [-0.2, 0) is 15.8 Å². The molecule has 18 heavy (non-hydrogen) atoms. The second-order valence-corrected chi connectivity index (χ2v) is 4.16. The van der Waals surface area contributed by atoms with Crippen LogP contribution < -0.4 is 10.6 Å². The maximum atomic E-state index is 11.0. The van der Waals surface area contributed by atoms with Crippen LogP contribution in [0, 0.1) is 0 Å². The lowest BCUT2D eigenvalue weighted by Gasteiger charge is -2.23. The van der Waals surface area contributed by atoms with Crippen LogP contribution in [0.25, 0.3) is 11.2 Å². The minimum absolute atomic E-state index is 0.156. The minimum atomic E-state index is -3.12. The number of nitrogens with zero attached hydrogens (tertiary/aromatic N) is 4. The van der Waals surface area contributed by atoms with Crippen LogP contribution >= 0.6 is 7.25 Å². The van der Waals surface area contributed by atoms with Crippen LogP contribution in [-0.4, -0.2) is 40.0 Å². The summed E-state index contributed by atoms with van der Waals surface area (Å²) in [6.07, 6.45) is 2.80. The van der Waals surface area contributed by atoms with E-state index in [1.807, 2.05) is 0 Å². The van der Waals surface area contributed by atoms with Crippen molar-refractivity contribution in [2.45, 2.75) is 6.54 Å². The molecule has 1 unspecified atom stereocenters. The molecule has 0 radical (unpaired) electrons. The highest BCUT2D eigenvalue weighted by atomic mass is 31.2. The molecule has 2 N–H and O–H groups in total. The Bertz CT molecular complexity index is 597. The molecule has 0 saturated heterocycles. The summed E-state index contributed by atoms with van der Waals surface area (Å²) in [6, 6.07) is 0. The Balaban J connectivity index is 2.00. The van der Waals surface area contributed by atoms with E-state index in [0.717, 1.165) is 0 Å². The zero-order valence-electron chi connectivity index (χ0n) is 8.81. The van der Waals surface area contributed by atoms with Gasteiger partial charge in [-0.25, -0.2) is 15.0 Å². The first-order valence-corrected chi connectivity index (χ1v) is 6.15. The van der Waals surface area contributed by atoms with Gasteiger partial charge in [-0.15, -0.1) is 7.25 Å². The average molecular weight is 269 g/mol. The summed E-state index contributed by atoms with van der Waals surface area (Å²) in [5.74, 6) is 0.327. The normalized spacial score (nSPS) is 14.8. The van der Waals surface area contributed by atoms with Gasteiger partial charge in [0.2, 0.25) is 0 Å². The van der Waals surface area contributed by atoms with Gasteiger partial charge in [0.15, 0.2) is 11.5 Å². The van der Waals surface area contributed by atoms with Crippen LogP contribution in [0.2, 0.25) is 0 Å². The van der Waals surface area contributed by atoms with E-state index in [0.29, 0.717) is 30.1 Å². The molecule has 8 nitrogen and oxygen atoms in total. The Kier molecular flexibility index (Phi) is 3.65. The van der Waals surface area contributed by atoms with Crippen molar-refractivity contribution in [1.29, 1.82) is 0 Å². The van der Waals surface area contributed by atoms with E-state index in [9.17, 15) is 9.46 Å². The maximum Gasteiger partial charge on any atom is 0.165 e. The number of hydrogen-bond acceptors (Lipinski definition) is 7. The van der Waals surface area contributed by atoms with Crippen molar-refractivity contribution < 1.29 is 14.2 Å². The third kappa shape index (κ3) is 3.07. The van der Waals surface area contributed by atoms with Crippen LogP contribution in [0.3, 0.4) is 0 Å². The number of ether oxygens (including phenoxy) is 1. The standard InChI is InChI=1S/C8H14BN5O3P/c9-18(15,16)5-17-2-1-14-4-13-6-7(10)11-3-12-8(6)14/h3-4H,1-2,5H2,9H3,(H,15,16)(H2,10,11,12)/q-1/p-1. The fourth-order valence-corrected chi connectivity index (χ4v) is 1.64. The van der Waals surface area contributed by atoms with Crippen molar-refractivity contribution in [3.05, 3.63) is 12.7 Å². The fourth-order valence-electron chi connectivity index (χ4n) is 1.36. The number of nitrogen functional groups attached to an aromatic ring is 1. The summed E-state index contributed by atoms with van der Waals surface area (Å²) in [6.45, 7) is 0.778. The van der Waals surface area contributed by atoms with E-state index in [4.69, 9.17) is 10.5 Å². The number of nitrogens with two attached hydrogens (primary N) is 1. The van der Waals surface area contributed by atoms with E-state index < -0.39 is 14.8 Å². The predicted octanol–water partition coefficient (Wildman–Crippen LogP) is -1.70. The lowest BCUT2D eigenvalue weighted by Crippen LogP contribution is -2.11. The molecule has 2 aromatic heterocycles. The Morgan fingerprint density at radius 3 is 3.00 bits per heavy atom. The molecule has 0 spiro atoms. The quantitative estimate of drug-likeness (QED) is 0.390. The van der Waals surface area contributed by atoms with E-state index in [-0.39, 0.29) is 6.35 Å². The molecule has 0 aromatic carbocycles. The van der Waals surface area contributed by atoms with E-state index in [1.165, 1.54) is 6.33 Å². The molecule has 0 fully saturated rings. The highest BCUT2D eigenvalue weighted by Gasteiger charge is 2.07. The summed E-state index contributed by atoms with van der Waals surface area (Å²) in [5.41, 5.74) is 6.82. The lowest BCUT2D eigenvalue weighted by molar-refractivity contribution is -0.173. The van der Waals surface area contributed by atoms with E-state index in [1.54, 1.807) is 10.9 Å². The average Bonchev–Trinajstić information content (AvgIpc) is 2.68. The number of imidazole rings is 1. The molecule has 0 bridgehead atoms. The first-order chi connectivity index (χ1) is 8.47. The van der Waals surface area contributed by atoms with Crippen LogP contribution in [0.4, 0.5) is 5.82 Å². The van der Waals surface area contributed by atoms with Gasteiger partial charge >= 0.3 is 0 Å². The molecule has 0 amide bonds. The summed E-state index contributed by atoms with van der Waals surface area (Å²) in [4.78, 5) is 23.0. The Hall–Kier alpha value is -1.44. The van der Waals surface area contributed by atoms with Crippen molar-refractivity contribution in [1.82, 2.24) is 19.5 Å². The summed E-state index contributed by atoms with van der Waals surface area (Å²) in [7, 11) is -3.81. The van der Waals surface area contributed by atoms with E-state index >= 15 is 0 Å². The first kappa shape index (κ1) is 13.0. The molecule has 0 aliphatic carbocycles. The second-order valence-electron chi connectivity index (χ2n) is 3.24. The maximum absolute atomic E-state index is 11.0. The molecule has 2 aromatic rings. The van der Waals surface area contributed by atoms with Gasteiger partial charge in [-0.1, -0.05) is 0 Å². The molecule has 0 aliphatic rings. The van der Waals surface area contributed by atoms with Gasteiger partial charge in [0.25, 0.3) is 0 Å². The number of anilines is 1. The summed E-state index contributed by atoms with van der Waals surface area (Å²) >= 11 is 0. The van der Waals surface area contributed by atoms with Gasteiger partial charge in [0, 0.05) is 14.1 Å². The molecule has 0 saturated carbocycles. The monoisotopic (exact) mass is 269 g/mol. The van der Waals surface area contributed by atoms with E-state index in [2.05, 4.69) is 15.0 Å². The highest BCUT2D eigenvalue weighted by molar-refractivity contribution is 7.81. The molecular formula is C8H13BN5O3P-2. The van der Waals surface area contributed by atoms with Crippen molar-refractivity contribution in [3.63, 3.8) is 0 Å². The van der Waals surface area contributed by atoms with Gasteiger partial charge in [-0.3, -0.25) is 0 Å². The molecule has 0 aliphatic heterocycles. The highest BCUT2D eigenvalue weighted by Crippen LogP contribution is 2.27. The Morgan fingerprint density at radius 2 is 2.28 bits per heavy atom. The molecule has 1 atom stereocenters. The molecular weight excluding hydrogens is 256 g/mol. The van der Waals surface area contributed by atoms with Gasteiger partial charge in [0.05, 0.1) is 19.3 Å². The second kappa shape index (κ2) is 5.05. The molecule has 98 valence electrons. The molecule has 10 heteroatoms. The Labute approximate surface area is 104 Å². The van der Waals surface area contributed by atoms with Gasteiger partial charge in [0.1, 0.15) is 11.8 Å². The molecule has 2 rings (SSSR count). The molecule has 2 heterocycles. The topological polar surface area (TPSA) is 119 Å². The number of aromatic nitrogens is 4. The predicted molar refractivity (Wildman–Crippen MR) is 68.1 cm³/mol. The number of hydrogen-bond donors (Lipinski definition) is 1. The van der Waals surface area contributed by atoms with Gasteiger partial charge in [-0.05, 0) is 0 Å². The van der Waals surface area contributed by atoms with Crippen molar-refractivity contribution in [2.24, 2.45) is 0 Å². The summed E-state index contributed by atoms with van der Waals surface area (Å²) < 4.78 is 17.9. The first-order valence-electron chi connectivity index (χ1n) is 4.79. The largest absolute Gasteiger partial charge is 0.827 e. The number of rotatable bonds is 5. The minimum Gasteiger partial charge on any atom is -0.827 e. The zero-order valence-corrected chi connectivity index (χ0v) is 9.71. The smallest absolute Gasteiger partial charge is 0.165 e. The van der Waals surface area contributed by atoms with Crippen molar-refractivity contribution >= 4 is 31.8 Å². The zero-order chi connectivity index (χ0) is 13.2. The van der Waals surface area contributed by atoms with Crippen LogP contribution in [0.1, 0.15) is 0 Å². The third-order valence-electron chi connectivity index (χ3n) is 2.10. The van der Waals surface area contributed by atoms with Crippen molar-refractivity contribution in [2.75, 3.05) is 18.7 Å². The number of fused-ring (bicyclic) bond motifs is 1. The fraction of sp³-hybridized carbons (Fsp3) is 0.375. The Morgan fingerprint density at radius 1 is 1.50 bits per heavy atom. The van der Waals surface area contributed by atoms with Crippen LogP contribution in [0.5, 0.6) is 0 Å². The lowest BCUT2D eigenvalue weighted by atomic mass is 10.5. The third-order valence-corrected chi connectivity index (χ3v) is 2.50. The van der Waals surface area contributed by atoms with Crippen molar-refractivity contribution in [3.8, 4) is 0 Å². The SMILES string of the molecule is [BH3-]P(=O)([O-])COCCn1cnc2c(N)ncnc21. The van der Waals surface area contributed by atoms with Crippen LogP contribution in [0.15, 0.2) is 12.7 Å². The van der Waals surface area contributed by atoms with Gasteiger partial charge < -0.3 is 24.5 Å².